The van der Waals surface area contributed by atoms with Crippen LogP contribution in [0.3, 0.4) is 0 Å². The fourth-order valence-electron chi connectivity index (χ4n) is 4.15. The highest BCUT2D eigenvalue weighted by Crippen LogP contribution is 2.25. The molecule has 1 N–H and O–H groups in total. The second kappa shape index (κ2) is 9.55. The second-order valence-corrected chi connectivity index (χ2v) is 9.05. The number of carboxylic acids is 1. The largest absolute Gasteiger partial charge is 0.478 e. The van der Waals surface area contributed by atoms with Gasteiger partial charge >= 0.3 is 11.7 Å². The minimum atomic E-state index is -0.973. The number of halogens is 1. The quantitative estimate of drug-likeness (QED) is 0.496. The standard InChI is InChI=1S/C26H31FN2O3/c1-5-6-11-22-23(16-27)29(26(2,3)4)25(32)28(22)17-18-12-14-19(15-13-18)20-9-7-8-10-21(20)24(30)31/h7-10,12-15H,5-6,11,16-17H2,1-4H3,(H,30,31). The number of carbonyl (C=O) groups is 1. The third-order valence-electron chi connectivity index (χ3n) is 5.68. The normalized spacial score (nSPS) is 11.7. The van der Waals surface area contributed by atoms with Crippen LogP contribution in [0, 0.1) is 0 Å². The van der Waals surface area contributed by atoms with E-state index < -0.39 is 18.2 Å². The van der Waals surface area contributed by atoms with Crippen molar-refractivity contribution in [2.45, 2.75) is 65.7 Å². The van der Waals surface area contributed by atoms with Crippen LogP contribution in [-0.2, 0) is 25.2 Å². The highest BCUT2D eigenvalue weighted by Gasteiger charge is 2.26. The number of hydrogen-bond acceptors (Lipinski definition) is 2. The van der Waals surface area contributed by atoms with Crippen LogP contribution >= 0.6 is 0 Å². The maximum atomic E-state index is 14.1. The molecular formula is C26H31FN2O3. The number of aromatic carboxylic acids is 1. The summed E-state index contributed by atoms with van der Waals surface area (Å²) in [4.78, 5) is 24.8. The average Bonchev–Trinajstić information content (AvgIpc) is 3.03. The van der Waals surface area contributed by atoms with E-state index >= 15 is 0 Å². The molecule has 0 aliphatic heterocycles. The predicted octanol–water partition coefficient (Wildman–Crippen LogP) is 5.63. The number of carboxylic acid groups (broad SMARTS) is 1. The van der Waals surface area contributed by atoms with Gasteiger partial charge in [-0.25, -0.2) is 14.0 Å². The molecule has 170 valence electrons. The molecule has 0 atom stereocenters. The van der Waals surface area contributed by atoms with Crippen LogP contribution in [0.4, 0.5) is 4.39 Å². The van der Waals surface area contributed by atoms with Crippen molar-refractivity contribution >= 4 is 5.97 Å². The first-order valence-corrected chi connectivity index (χ1v) is 11.0. The Balaban J connectivity index is 2.01. The van der Waals surface area contributed by atoms with Gasteiger partial charge in [0.05, 0.1) is 17.8 Å². The predicted molar refractivity (Wildman–Crippen MR) is 125 cm³/mol. The van der Waals surface area contributed by atoms with Crippen molar-refractivity contribution in [1.29, 1.82) is 0 Å². The van der Waals surface area contributed by atoms with Crippen molar-refractivity contribution in [3.8, 4) is 11.1 Å². The van der Waals surface area contributed by atoms with Gasteiger partial charge in [0.2, 0.25) is 0 Å². The molecule has 0 fully saturated rings. The highest BCUT2D eigenvalue weighted by atomic mass is 19.1. The topological polar surface area (TPSA) is 64.2 Å². The van der Waals surface area contributed by atoms with E-state index in [1.54, 1.807) is 27.3 Å². The zero-order valence-electron chi connectivity index (χ0n) is 19.2. The van der Waals surface area contributed by atoms with Crippen LogP contribution in [0.1, 0.15) is 67.8 Å². The number of benzene rings is 2. The van der Waals surface area contributed by atoms with Gasteiger partial charge < -0.3 is 5.11 Å². The van der Waals surface area contributed by atoms with Crippen molar-refractivity contribution in [2.75, 3.05) is 0 Å². The lowest BCUT2D eigenvalue weighted by molar-refractivity contribution is 0.0697. The number of unbranched alkanes of at least 4 members (excludes halogenated alkanes) is 1. The molecule has 0 aliphatic rings. The zero-order valence-corrected chi connectivity index (χ0v) is 19.2. The van der Waals surface area contributed by atoms with Crippen LogP contribution in [-0.4, -0.2) is 20.2 Å². The Hall–Kier alpha value is -3.15. The summed E-state index contributed by atoms with van der Waals surface area (Å²) < 4.78 is 17.3. The van der Waals surface area contributed by atoms with E-state index in [1.165, 1.54) is 0 Å². The number of rotatable bonds is 8. The van der Waals surface area contributed by atoms with E-state index in [9.17, 15) is 19.1 Å². The minimum Gasteiger partial charge on any atom is -0.478 e. The molecule has 1 heterocycles. The summed E-state index contributed by atoms with van der Waals surface area (Å²) in [7, 11) is 0. The minimum absolute atomic E-state index is 0.198. The third kappa shape index (κ3) is 4.69. The molecule has 3 aromatic rings. The molecule has 0 amide bonds. The Bertz CT molecular complexity index is 1150. The fraction of sp³-hybridized carbons (Fsp3) is 0.385. The van der Waals surface area contributed by atoms with E-state index in [0.717, 1.165) is 29.7 Å². The van der Waals surface area contributed by atoms with E-state index in [1.807, 2.05) is 51.1 Å². The summed E-state index contributed by atoms with van der Waals surface area (Å²) in [6.07, 6.45) is 2.49. The Morgan fingerprint density at radius 1 is 1.03 bits per heavy atom. The van der Waals surface area contributed by atoms with Gasteiger partial charge in [-0.2, -0.15) is 0 Å². The van der Waals surface area contributed by atoms with Gasteiger partial charge in [0.1, 0.15) is 6.67 Å². The molecule has 1 aromatic heterocycles. The Labute approximate surface area is 188 Å². The van der Waals surface area contributed by atoms with E-state index in [0.29, 0.717) is 24.2 Å². The molecule has 6 heteroatoms. The van der Waals surface area contributed by atoms with Crippen LogP contribution in [0.2, 0.25) is 0 Å². The molecule has 0 saturated carbocycles. The third-order valence-corrected chi connectivity index (χ3v) is 5.68. The number of imidazole rings is 1. The summed E-state index contributed by atoms with van der Waals surface area (Å²) in [6.45, 7) is 7.48. The second-order valence-electron chi connectivity index (χ2n) is 9.05. The fourth-order valence-corrected chi connectivity index (χ4v) is 4.15. The maximum Gasteiger partial charge on any atom is 0.336 e. The molecule has 0 radical (unpaired) electrons. The van der Waals surface area contributed by atoms with Gasteiger partial charge in [0, 0.05) is 11.2 Å². The van der Waals surface area contributed by atoms with E-state index in [4.69, 9.17) is 0 Å². The highest BCUT2D eigenvalue weighted by molar-refractivity contribution is 5.95. The average molecular weight is 439 g/mol. The number of alkyl halides is 1. The van der Waals surface area contributed by atoms with Gasteiger partial charge in [-0.15, -0.1) is 0 Å². The van der Waals surface area contributed by atoms with E-state index in [2.05, 4.69) is 6.92 Å². The van der Waals surface area contributed by atoms with Crippen molar-refractivity contribution in [2.24, 2.45) is 0 Å². The van der Waals surface area contributed by atoms with Gasteiger partial charge in [0.15, 0.2) is 0 Å². The Morgan fingerprint density at radius 2 is 1.69 bits per heavy atom. The van der Waals surface area contributed by atoms with Crippen molar-refractivity contribution < 1.29 is 14.3 Å². The van der Waals surface area contributed by atoms with Crippen LogP contribution < -0.4 is 5.69 Å². The van der Waals surface area contributed by atoms with Crippen molar-refractivity contribution in [3.63, 3.8) is 0 Å². The van der Waals surface area contributed by atoms with Gasteiger partial charge in [-0.1, -0.05) is 55.8 Å². The van der Waals surface area contributed by atoms with Crippen LogP contribution in [0.5, 0.6) is 0 Å². The molecule has 0 unspecified atom stereocenters. The maximum absolute atomic E-state index is 14.1. The Kier molecular flexibility index (Phi) is 7.02. The molecule has 2 aromatic carbocycles. The summed E-state index contributed by atoms with van der Waals surface area (Å²) in [5.74, 6) is -0.973. The lowest BCUT2D eigenvalue weighted by atomic mass is 9.99. The molecular weight excluding hydrogens is 407 g/mol. The van der Waals surface area contributed by atoms with Gasteiger partial charge in [-0.3, -0.25) is 9.13 Å². The molecule has 5 nitrogen and oxygen atoms in total. The number of aromatic nitrogens is 2. The first-order valence-electron chi connectivity index (χ1n) is 11.0. The van der Waals surface area contributed by atoms with Crippen molar-refractivity contribution in [1.82, 2.24) is 9.13 Å². The van der Waals surface area contributed by atoms with Gasteiger partial charge in [0.25, 0.3) is 0 Å². The summed E-state index contributed by atoms with van der Waals surface area (Å²) in [6, 6.07) is 14.4. The molecule has 0 bridgehead atoms. The summed E-state index contributed by atoms with van der Waals surface area (Å²) in [5.41, 5.74) is 3.09. The monoisotopic (exact) mass is 438 g/mol. The first kappa shape index (κ1) is 23.5. The molecule has 3 rings (SSSR count). The molecule has 0 saturated heterocycles. The molecule has 0 aliphatic carbocycles. The number of nitrogens with zero attached hydrogens (tertiary/aromatic N) is 2. The summed E-state index contributed by atoms with van der Waals surface area (Å²) in [5, 5.41) is 9.45. The SMILES string of the molecule is CCCCc1c(CF)n(C(C)(C)C)c(=O)n1Cc1ccc(-c2ccccc2C(=O)O)cc1. The molecule has 0 spiro atoms. The zero-order chi connectivity index (χ0) is 23.5. The van der Waals surface area contributed by atoms with Gasteiger partial charge in [-0.05, 0) is 56.4 Å². The summed E-state index contributed by atoms with van der Waals surface area (Å²) >= 11 is 0. The Morgan fingerprint density at radius 3 is 2.25 bits per heavy atom. The molecule has 32 heavy (non-hydrogen) atoms. The van der Waals surface area contributed by atoms with Crippen LogP contribution in [0.25, 0.3) is 11.1 Å². The number of hydrogen-bond donors (Lipinski definition) is 1. The van der Waals surface area contributed by atoms with Crippen molar-refractivity contribution in [3.05, 3.63) is 81.5 Å². The lowest BCUT2D eigenvalue weighted by Gasteiger charge is -2.22. The van der Waals surface area contributed by atoms with E-state index in [-0.39, 0.29) is 11.3 Å². The lowest BCUT2D eigenvalue weighted by Crippen LogP contribution is -2.36. The smallest absolute Gasteiger partial charge is 0.336 e. The van der Waals surface area contributed by atoms with Crippen LogP contribution in [0.15, 0.2) is 53.3 Å². The first-order chi connectivity index (χ1) is 15.2.